The molecule has 0 amide bonds. The van der Waals surface area contributed by atoms with Crippen LogP contribution >= 0.6 is 15.2 Å². The maximum Gasteiger partial charge on any atom is 0.114 e. The topological polar surface area (TPSA) is 304 Å². The predicted molar refractivity (Wildman–Crippen MR) is 43.9 cm³/mol. The molecule has 18 heteroatoms. The molecule has 0 saturated carbocycles. The van der Waals surface area contributed by atoms with Crippen molar-refractivity contribution in [2.24, 2.45) is 0 Å². The van der Waals surface area contributed by atoms with E-state index in [4.69, 9.17) is 5.11 Å². The van der Waals surface area contributed by atoms with Gasteiger partial charge in [0.05, 0.1) is 0 Å². The number of aliphatic hydroxyl groups is 1. The van der Waals surface area contributed by atoms with E-state index in [1.54, 1.807) is 0 Å². The second-order valence-corrected chi connectivity index (χ2v) is 6.05. The second kappa shape index (κ2) is 21.6. The Morgan fingerprint density at radius 1 is 0.700 bits per heavy atom. The molecule has 0 bridgehead atoms. The van der Waals surface area contributed by atoms with E-state index < -0.39 is 20.3 Å². The molecule has 12 nitrogen and oxygen atoms in total. The van der Waals surface area contributed by atoms with E-state index in [0.29, 0.717) is 0 Å². The largest absolute Gasteiger partial charge is 0.808 e. The molecule has 0 aromatic carbocycles. The fourth-order valence-electron chi connectivity index (χ4n) is 0.150. The van der Waals surface area contributed by atoms with Gasteiger partial charge in [-0.05, 0) is 22.1 Å². The fraction of sp³-hybridized carbons (Fsp3) is 1.00. The standard InChI is InChI=1S/C2H8O7P2.5H2O.4Zn/c1-2(3,10(4,5)6)11(7,8)9;;;;;;;;;/h3H,1H3,(H2,4,5,6)(H2,7,8,9);5*1H2;;;;/p-4. The van der Waals surface area contributed by atoms with Crippen molar-refractivity contribution in [3.63, 3.8) is 0 Å². The summed E-state index contributed by atoms with van der Waals surface area (Å²) in [5, 5.41) is 4.68. The molecule has 0 heterocycles. The zero-order chi connectivity index (χ0) is 9.50. The van der Waals surface area contributed by atoms with Crippen molar-refractivity contribution in [3.8, 4) is 0 Å². The van der Waals surface area contributed by atoms with Crippen LogP contribution in [0, 0.1) is 0 Å². The van der Waals surface area contributed by atoms with Gasteiger partial charge in [0.1, 0.15) is 5.08 Å². The van der Waals surface area contributed by atoms with E-state index in [2.05, 4.69) is 0 Å². The maximum atomic E-state index is 9.95. The predicted octanol–water partition coefficient (Wildman–Crippen LogP) is -7.65. The van der Waals surface area contributed by atoms with Crippen molar-refractivity contribution < 1.29 is 139 Å². The minimum Gasteiger partial charge on any atom is -0.808 e. The van der Waals surface area contributed by atoms with Crippen molar-refractivity contribution in [1.82, 2.24) is 0 Å². The minimum atomic E-state index is -5.82. The van der Waals surface area contributed by atoms with E-state index in [1.165, 1.54) is 0 Å². The summed E-state index contributed by atoms with van der Waals surface area (Å²) >= 11 is 0. The molecular formula is C2H14O12P2Zn4-4. The van der Waals surface area contributed by atoms with Crippen LogP contribution in [0.5, 0.6) is 0 Å². The summed E-state index contributed by atoms with van der Waals surface area (Å²) in [6, 6.07) is 0. The maximum absolute atomic E-state index is 9.95. The van der Waals surface area contributed by atoms with Gasteiger partial charge in [0.15, 0.2) is 0 Å². The van der Waals surface area contributed by atoms with Crippen LogP contribution in [0.1, 0.15) is 6.92 Å². The van der Waals surface area contributed by atoms with Gasteiger partial charge in [-0.3, -0.25) is 0 Å². The van der Waals surface area contributed by atoms with Crippen LogP contribution in [-0.4, -0.2) is 37.6 Å². The summed E-state index contributed by atoms with van der Waals surface area (Å²) in [7, 11) is -11.6. The molecule has 0 radical (unpaired) electrons. The van der Waals surface area contributed by atoms with Crippen molar-refractivity contribution in [1.29, 1.82) is 0 Å². The van der Waals surface area contributed by atoms with Crippen LogP contribution in [0.2, 0.25) is 0 Å². The summed E-state index contributed by atoms with van der Waals surface area (Å²) in [6.07, 6.45) is 0. The fourth-order valence-corrected chi connectivity index (χ4v) is 1.35. The number of hydrogen-bond acceptors (Lipinski definition) is 7. The average Bonchev–Trinajstić information content (AvgIpc) is 1.58. The molecule has 0 aromatic rings. The number of hydrogen-bond donors (Lipinski definition) is 1. The molecule has 20 heavy (non-hydrogen) atoms. The minimum absolute atomic E-state index is 0. The summed E-state index contributed by atoms with van der Waals surface area (Å²) in [5.41, 5.74) is 0. The molecule has 0 aliphatic rings. The summed E-state index contributed by atoms with van der Waals surface area (Å²) in [6.45, 7) is 0.133. The smallest absolute Gasteiger partial charge is 0.114 e. The molecule has 11 N–H and O–H groups in total. The van der Waals surface area contributed by atoms with Gasteiger partial charge in [0.25, 0.3) is 0 Å². The van der Waals surface area contributed by atoms with Crippen LogP contribution in [0.15, 0.2) is 0 Å². The Morgan fingerprint density at radius 3 is 0.800 bits per heavy atom. The summed E-state index contributed by atoms with van der Waals surface area (Å²) in [5.74, 6) is 0. The Labute approximate surface area is 165 Å². The summed E-state index contributed by atoms with van der Waals surface area (Å²) in [4.78, 5) is 39.8. The Kier molecular flexibility index (Phi) is 71.6. The first kappa shape index (κ1) is 66.5. The monoisotopic (exact) mass is 548 g/mol. The molecule has 0 aliphatic heterocycles. The number of rotatable bonds is 2. The van der Waals surface area contributed by atoms with Gasteiger partial charge in [-0.2, -0.15) is 0 Å². The van der Waals surface area contributed by atoms with Gasteiger partial charge in [-0.25, -0.2) is 0 Å². The molecule has 0 unspecified atom stereocenters. The molecule has 116 valence electrons. The third-order valence-electron chi connectivity index (χ3n) is 1.04. The molecule has 0 saturated heterocycles. The zero-order valence-corrected chi connectivity index (χ0v) is 24.3. The van der Waals surface area contributed by atoms with Crippen LogP contribution in [-0.2, 0) is 87.0 Å². The van der Waals surface area contributed by atoms with Gasteiger partial charge < -0.3 is 61.2 Å². The van der Waals surface area contributed by atoms with Crippen LogP contribution in [0.4, 0.5) is 0 Å². The van der Waals surface area contributed by atoms with Crippen LogP contribution in [0.25, 0.3) is 0 Å². The Bertz CT molecular complexity index is 224. The zero-order valence-electron chi connectivity index (χ0n) is 10.6. The third-order valence-corrected chi connectivity index (χ3v) is 4.58. The molecule has 0 aliphatic carbocycles. The van der Waals surface area contributed by atoms with E-state index in [1.807, 2.05) is 0 Å². The molecule has 0 spiro atoms. The summed E-state index contributed by atoms with van der Waals surface area (Å²) < 4.78 is 19.9. The first-order valence-corrected chi connectivity index (χ1v) is 5.35. The SMILES string of the molecule is CC(O)(P(=O)([O-])[O-])P(=O)([O-])[O-].O.O.O.O.O.[Zn].[Zn].[Zn].[Zn]. The van der Waals surface area contributed by atoms with Crippen molar-refractivity contribution in [2.45, 2.75) is 12.0 Å². The first-order chi connectivity index (χ1) is 4.50. The first-order valence-electron chi connectivity index (χ1n) is 2.27. The Balaban J connectivity index is -0.0000000139. The van der Waals surface area contributed by atoms with Gasteiger partial charge in [0.2, 0.25) is 0 Å². The molecule has 0 fully saturated rings. The van der Waals surface area contributed by atoms with E-state index >= 15 is 0 Å². The molecule has 0 rings (SSSR count). The van der Waals surface area contributed by atoms with Crippen molar-refractivity contribution >= 4 is 15.2 Å². The Morgan fingerprint density at radius 2 is 0.800 bits per heavy atom. The molecule has 0 atom stereocenters. The Hall–Kier alpha value is 2.55. The average molecular weight is 554 g/mol. The quantitative estimate of drug-likeness (QED) is 0.254. The molecule has 0 aromatic heterocycles. The van der Waals surface area contributed by atoms with E-state index in [0.717, 1.165) is 0 Å². The van der Waals surface area contributed by atoms with Gasteiger partial charge in [-0.15, -0.1) is 0 Å². The third kappa shape index (κ3) is 18.6. The van der Waals surface area contributed by atoms with Gasteiger partial charge >= 0.3 is 0 Å². The molecular weight excluding hydrogens is 540 g/mol. The van der Waals surface area contributed by atoms with Crippen LogP contribution in [0.3, 0.4) is 0 Å². The second-order valence-electron chi connectivity index (χ2n) is 1.97. The van der Waals surface area contributed by atoms with Gasteiger partial charge in [0, 0.05) is 77.9 Å². The van der Waals surface area contributed by atoms with Crippen molar-refractivity contribution in [2.75, 3.05) is 0 Å². The normalized spacial score (nSPS) is 8.30. The van der Waals surface area contributed by atoms with Crippen LogP contribution < -0.4 is 19.6 Å². The van der Waals surface area contributed by atoms with E-state index in [9.17, 15) is 28.7 Å². The van der Waals surface area contributed by atoms with E-state index in [-0.39, 0.29) is 112 Å². The van der Waals surface area contributed by atoms with Gasteiger partial charge in [-0.1, -0.05) is 0 Å². The van der Waals surface area contributed by atoms with Crippen molar-refractivity contribution in [3.05, 3.63) is 0 Å².